The molecular weight excluding hydrogens is 527 g/mol. The minimum absolute atomic E-state index is 0.0597. The Bertz CT molecular complexity index is 1310. The van der Waals surface area contributed by atoms with Gasteiger partial charge in [0.25, 0.3) is 0 Å². The maximum atomic E-state index is 13.3. The molecule has 0 heterocycles. The van der Waals surface area contributed by atoms with Crippen LogP contribution in [0, 0.1) is 5.92 Å². The van der Waals surface area contributed by atoms with Crippen molar-refractivity contribution in [1.82, 2.24) is 0 Å². The first kappa shape index (κ1) is 32.2. The molecule has 1 aromatic carbocycles. The van der Waals surface area contributed by atoms with Gasteiger partial charge >= 0.3 is 12.1 Å². The van der Waals surface area contributed by atoms with Gasteiger partial charge in [-0.2, -0.15) is 13.2 Å². The summed E-state index contributed by atoms with van der Waals surface area (Å²) in [6.45, 7) is 19.5. The van der Waals surface area contributed by atoms with Crippen LogP contribution in [0.1, 0.15) is 96.6 Å². The van der Waals surface area contributed by atoms with Gasteiger partial charge in [-0.25, -0.2) is 4.79 Å². The van der Waals surface area contributed by atoms with E-state index in [0.29, 0.717) is 30.4 Å². The van der Waals surface area contributed by atoms with E-state index in [9.17, 15) is 23.1 Å². The summed E-state index contributed by atoms with van der Waals surface area (Å²) >= 11 is 0. The Morgan fingerprint density at radius 2 is 1.76 bits per heavy atom. The zero-order valence-corrected chi connectivity index (χ0v) is 24.7. The zero-order chi connectivity index (χ0) is 30.5. The molecule has 41 heavy (non-hydrogen) atoms. The summed E-state index contributed by atoms with van der Waals surface area (Å²) in [4.78, 5) is 17.8. The number of allylic oxidation sites excluding steroid dienone is 5. The summed E-state index contributed by atoms with van der Waals surface area (Å²) in [5, 5.41) is 10.7. The highest BCUT2D eigenvalue weighted by Gasteiger charge is 2.32. The molecule has 0 amide bonds. The fourth-order valence-electron chi connectivity index (χ4n) is 5.53. The number of hydrogen-bond acceptors (Lipinski definition) is 4. The Morgan fingerprint density at radius 3 is 2.32 bits per heavy atom. The number of carbonyl (C=O) groups excluding carboxylic acids is 1. The molecule has 1 N–H and O–H groups in total. The smallest absolute Gasteiger partial charge is 0.416 e. The van der Waals surface area contributed by atoms with Gasteiger partial charge in [0.1, 0.15) is 11.4 Å². The Balaban J connectivity index is 2.07. The van der Waals surface area contributed by atoms with Crippen molar-refractivity contribution in [1.29, 1.82) is 0 Å². The van der Waals surface area contributed by atoms with Crippen LogP contribution in [-0.4, -0.2) is 22.4 Å². The number of hydrogen-bond donors (Lipinski definition) is 1. The summed E-state index contributed by atoms with van der Waals surface area (Å²) < 4.78 is 45.4. The highest BCUT2D eigenvalue weighted by Crippen LogP contribution is 2.43. The van der Waals surface area contributed by atoms with Crippen LogP contribution in [0.5, 0.6) is 5.75 Å². The highest BCUT2D eigenvalue weighted by atomic mass is 19.4. The Labute approximate surface area is 242 Å². The Hall–Kier alpha value is -3.35. The van der Waals surface area contributed by atoms with Gasteiger partial charge in [0.05, 0.1) is 11.3 Å². The van der Waals surface area contributed by atoms with Crippen LogP contribution in [0.3, 0.4) is 0 Å². The number of ether oxygens (including phenoxy) is 1. The Kier molecular flexibility index (Phi) is 10.3. The number of benzene rings is 1. The van der Waals surface area contributed by atoms with Crippen molar-refractivity contribution in [2.75, 3.05) is 0 Å². The molecule has 2 fully saturated rings. The molecule has 222 valence electrons. The SMILES string of the molecule is C=CC/C(=C1/CCCC/C1=C(\N=C1CCCC(C(=C)C(=O)OC(C)(C)C)C1)C(=C)C)c1ccc(C(F)(F)F)cc1O. The number of aromatic hydroxyl groups is 1. The number of carbonyl (C=O) groups is 1. The van der Waals surface area contributed by atoms with Crippen LogP contribution in [-0.2, 0) is 15.7 Å². The third kappa shape index (κ3) is 8.34. The van der Waals surface area contributed by atoms with E-state index in [1.165, 1.54) is 6.07 Å². The molecule has 0 spiro atoms. The third-order valence-electron chi connectivity index (χ3n) is 7.44. The molecule has 1 unspecified atom stereocenters. The fourth-order valence-corrected chi connectivity index (χ4v) is 5.53. The second-order valence-electron chi connectivity index (χ2n) is 12.0. The first-order valence-corrected chi connectivity index (χ1v) is 14.2. The first-order chi connectivity index (χ1) is 19.1. The number of alkyl halides is 3. The lowest BCUT2D eigenvalue weighted by molar-refractivity contribution is -0.150. The second-order valence-corrected chi connectivity index (χ2v) is 12.0. The summed E-state index contributed by atoms with van der Waals surface area (Å²) in [5.41, 5.74) is 4.57. The number of nitrogens with zero attached hydrogens (tertiary/aromatic N) is 1. The normalized spacial score (nSPS) is 21.7. The molecule has 2 aliphatic carbocycles. The predicted molar refractivity (Wildman–Crippen MR) is 160 cm³/mol. The average molecular weight is 570 g/mol. The van der Waals surface area contributed by atoms with Crippen molar-refractivity contribution in [3.8, 4) is 5.75 Å². The summed E-state index contributed by atoms with van der Waals surface area (Å²) in [6, 6.07) is 3.13. The van der Waals surface area contributed by atoms with E-state index in [1.807, 2.05) is 27.7 Å². The first-order valence-electron chi connectivity index (χ1n) is 14.2. The van der Waals surface area contributed by atoms with Crippen molar-refractivity contribution in [3.05, 3.63) is 83.1 Å². The van der Waals surface area contributed by atoms with E-state index in [0.717, 1.165) is 84.4 Å². The maximum Gasteiger partial charge on any atom is 0.416 e. The van der Waals surface area contributed by atoms with Crippen molar-refractivity contribution < 1.29 is 27.8 Å². The van der Waals surface area contributed by atoms with Gasteiger partial charge in [-0.1, -0.05) is 25.3 Å². The van der Waals surface area contributed by atoms with Gasteiger partial charge in [-0.3, -0.25) is 4.99 Å². The highest BCUT2D eigenvalue weighted by molar-refractivity contribution is 5.92. The van der Waals surface area contributed by atoms with Crippen molar-refractivity contribution >= 4 is 17.3 Å². The van der Waals surface area contributed by atoms with E-state index < -0.39 is 23.1 Å². The molecule has 0 radical (unpaired) electrons. The quantitative estimate of drug-likeness (QED) is 0.202. The van der Waals surface area contributed by atoms with E-state index in [2.05, 4.69) is 19.7 Å². The van der Waals surface area contributed by atoms with Gasteiger partial charge in [0.2, 0.25) is 0 Å². The predicted octanol–water partition coefficient (Wildman–Crippen LogP) is 9.67. The summed E-state index contributed by atoms with van der Waals surface area (Å²) in [5.74, 6) is -0.853. The summed E-state index contributed by atoms with van der Waals surface area (Å²) in [6.07, 6.45) is 3.93. The van der Waals surface area contributed by atoms with Crippen LogP contribution < -0.4 is 0 Å². The van der Waals surface area contributed by atoms with Crippen LogP contribution in [0.15, 0.2) is 77.0 Å². The van der Waals surface area contributed by atoms with Crippen molar-refractivity contribution in [3.63, 3.8) is 0 Å². The number of phenols is 1. The topological polar surface area (TPSA) is 58.9 Å². The van der Waals surface area contributed by atoms with E-state index in [1.54, 1.807) is 6.08 Å². The van der Waals surface area contributed by atoms with Gasteiger partial charge in [-0.05, 0) is 126 Å². The molecule has 2 saturated carbocycles. The van der Waals surface area contributed by atoms with Crippen molar-refractivity contribution in [2.45, 2.75) is 97.3 Å². The molecule has 3 rings (SSSR count). The fraction of sp³-hybridized carbons (Fsp3) is 0.471. The van der Waals surface area contributed by atoms with Gasteiger partial charge in [-0.15, -0.1) is 6.58 Å². The second kappa shape index (κ2) is 13.1. The minimum atomic E-state index is -4.55. The van der Waals surface area contributed by atoms with Gasteiger partial charge < -0.3 is 9.84 Å². The number of rotatable bonds is 7. The molecule has 7 heteroatoms. The van der Waals surface area contributed by atoms with E-state index in [-0.39, 0.29) is 11.9 Å². The lowest BCUT2D eigenvalue weighted by Crippen LogP contribution is -2.28. The van der Waals surface area contributed by atoms with Gasteiger partial charge in [0.15, 0.2) is 0 Å². The molecule has 0 aliphatic heterocycles. The molecule has 0 saturated heterocycles. The lowest BCUT2D eigenvalue weighted by Gasteiger charge is -2.28. The maximum absolute atomic E-state index is 13.3. The van der Waals surface area contributed by atoms with E-state index in [4.69, 9.17) is 9.73 Å². The number of esters is 1. The number of aliphatic imine (C=N–C) groups is 1. The lowest BCUT2D eigenvalue weighted by atomic mass is 9.80. The van der Waals surface area contributed by atoms with Crippen LogP contribution >= 0.6 is 0 Å². The zero-order valence-electron chi connectivity index (χ0n) is 24.7. The Morgan fingerprint density at radius 1 is 1.10 bits per heavy atom. The molecule has 2 aliphatic rings. The average Bonchev–Trinajstić information content (AvgIpc) is 2.89. The monoisotopic (exact) mass is 569 g/mol. The van der Waals surface area contributed by atoms with Crippen molar-refractivity contribution in [2.24, 2.45) is 10.9 Å². The number of halogens is 3. The third-order valence-corrected chi connectivity index (χ3v) is 7.44. The molecule has 1 aromatic rings. The van der Waals surface area contributed by atoms with Gasteiger partial charge in [0, 0.05) is 16.8 Å². The minimum Gasteiger partial charge on any atom is -0.507 e. The van der Waals surface area contributed by atoms with Crippen LogP contribution in [0.25, 0.3) is 5.57 Å². The molecule has 0 bridgehead atoms. The summed E-state index contributed by atoms with van der Waals surface area (Å²) in [7, 11) is 0. The molecule has 1 atom stereocenters. The van der Waals surface area contributed by atoms with E-state index >= 15 is 0 Å². The standard InChI is InChI=1S/C34H42F3NO3/c1-8-12-26(28-18-17-24(20-30(28)39)34(35,36)37)27-15-9-10-16-29(27)31(21(2)3)38-25-14-11-13-23(19-25)22(4)32(40)41-33(5,6)7/h8,17-18,20,23,39H,1-2,4,9-16,19H2,3,5-7H3/b27-26+,31-29+,38-25?. The largest absolute Gasteiger partial charge is 0.507 e. The molecule has 4 nitrogen and oxygen atoms in total. The molecular formula is C34H42F3NO3. The van der Waals surface area contributed by atoms with Crippen LogP contribution in [0.4, 0.5) is 13.2 Å². The number of phenolic OH excluding ortho intramolecular Hbond substituents is 1. The van der Waals surface area contributed by atoms with Crippen LogP contribution in [0.2, 0.25) is 0 Å². The molecule has 0 aromatic heterocycles.